The molecule has 0 bridgehead atoms. The largest absolute Gasteiger partial charge is 0.354 e. The van der Waals surface area contributed by atoms with Crippen LogP contribution in [0.15, 0.2) is 88.2 Å². The topological polar surface area (TPSA) is 86.8 Å². The van der Waals surface area contributed by atoms with Crippen molar-refractivity contribution in [2.75, 3.05) is 17.4 Å². The number of halogens is 1. The fourth-order valence-corrected chi connectivity index (χ4v) is 5.86. The number of carbonyl (C=O) groups excluding carboxylic acids is 2. The summed E-state index contributed by atoms with van der Waals surface area (Å²) in [5, 5.41) is 2.94. The Balaban J connectivity index is 2.01. The lowest BCUT2D eigenvalue weighted by atomic mass is 10.1. The summed E-state index contributed by atoms with van der Waals surface area (Å²) in [4.78, 5) is 28.8. The average Bonchev–Trinajstić information content (AvgIpc) is 2.93. The van der Waals surface area contributed by atoms with E-state index < -0.39 is 28.5 Å². The first-order valence-corrected chi connectivity index (χ1v) is 15.4. The van der Waals surface area contributed by atoms with Crippen molar-refractivity contribution in [1.82, 2.24) is 10.2 Å². The molecule has 3 aromatic rings. The van der Waals surface area contributed by atoms with Crippen LogP contribution in [0.5, 0.6) is 0 Å². The maximum absolute atomic E-state index is 14.0. The fraction of sp³-hybridized carbons (Fsp3) is 0.333. The van der Waals surface area contributed by atoms with Crippen LogP contribution in [0.3, 0.4) is 0 Å². The first kappa shape index (κ1) is 30.4. The maximum atomic E-state index is 14.0. The van der Waals surface area contributed by atoms with Gasteiger partial charge in [-0.2, -0.15) is 0 Å². The van der Waals surface area contributed by atoms with E-state index in [0.717, 1.165) is 32.7 Å². The highest BCUT2D eigenvalue weighted by atomic mass is 79.9. The SMILES string of the molecule is CCCCNC(=O)[C@@H](CC)N(Cc1ccccc1)C(=O)CN(c1ccc(Br)cc1)S(=O)(=O)c1ccc(C)cc1. The molecule has 3 aromatic carbocycles. The highest BCUT2D eigenvalue weighted by Gasteiger charge is 2.33. The van der Waals surface area contributed by atoms with Crippen LogP contribution in [0.25, 0.3) is 0 Å². The normalized spacial score (nSPS) is 12.0. The molecular weight excluding hydrogens is 578 g/mol. The van der Waals surface area contributed by atoms with E-state index in [2.05, 4.69) is 21.2 Å². The summed E-state index contributed by atoms with van der Waals surface area (Å²) in [5.74, 6) is -0.707. The molecule has 2 amide bonds. The standard InChI is InChI=1S/C30H36BrN3O4S/c1-4-6-20-32-30(36)28(5-2)33(21-24-10-8-7-9-11-24)29(35)22-34(26-16-14-25(31)15-17-26)39(37,38)27-18-12-23(3)13-19-27/h7-19,28H,4-6,20-22H2,1-3H3,(H,32,36)/t28-/m1/s1. The van der Waals surface area contributed by atoms with Gasteiger partial charge in [-0.25, -0.2) is 8.42 Å². The van der Waals surface area contributed by atoms with Gasteiger partial charge in [-0.15, -0.1) is 0 Å². The Morgan fingerprint density at radius 1 is 0.923 bits per heavy atom. The van der Waals surface area contributed by atoms with Gasteiger partial charge in [0.25, 0.3) is 10.0 Å². The van der Waals surface area contributed by atoms with Crippen LogP contribution >= 0.6 is 15.9 Å². The van der Waals surface area contributed by atoms with Crippen molar-refractivity contribution in [3.8, 4) is 0 Å². The number of unbranched alkanes of at least 4 members (excludes halogenated alkanes) is 1. The molecule has 39 heavy (non-hydrogen) atoms. The molecule has 9 heteroatoms. The number of nitrogens with zero attached hydrogens (tertiary/aromatic N) is 2. The Morgan fingerprint density at radius 2 is 1.56 bits per heavy atom. The lowest BCUT2D eigenvalue weighted by Gasteiger charge is -2.33. The number of anilines is 1. The highest BCUT2D eigenvalue weighted by molar-refractivity contribution is 9.10. The van der Waals surface area contributed by atoms with Crippen molar-refractivity contribution in [2.45, 2.75) is 57.5 Å². The van der Waals surface area contributed by atoms with Crippen molar-refractivity contribution in [1.29, 1.82) is 0 Å². The lowest BCUT2D eigenvalue weighted by molar-refractivity contribution is -0.140. The molecule has 0 radical (unpaired) electrons. The Kier molecular flexibility index (Phi) is 11.1. The minimum Gasteiger partial charge on any atom is -0.354 e. The third-order valence-electron chi connectivity index (χ3n) is 6.41. The van der Waals surface area contributed by atoms with Gasteiger partial charge in [-0.05, 0) is 61.7 Å². The summed E-state index contributed by atoms with van der Waals surface area (Å²) in [6, 6.07) is 22.0. The highest BCUT2D eigenvalue weighted by Crippen LogP contribution is 2.26. The van der Waals surface area contributed by atoms with Crippen LogP contribution in [0.2, 0.25) is 0 Å². The number of hydrogen-bond acceptors (Lipinski definition) is 4. The first-order chi connectivity index (χ1) is 18.7. The van der Waals surface area contributed by atoms with Gasteiger partial charge in [0.2, 0.25) is 11.8 Å². The van der Waals surface area contributed by atoms with E-state index in [1.165, 1.54) is 4.90 Å². The molecule has 7 nitrogen and oxygen atoms in total. The molecule has 0 fully saturated rings. The zero-order valence-corrected chi connectivity index (χ0v) is 25.0. The van der Waals surface area contributed by atoms with E-state index in [4.69, 9.17) is 0 Å². The molecular formula is C30H36BrN3O4S. The van der Waals surface area contributed by atoms with Gasteiger partial charge in [0.05, 0.1) is 10.6 Å². The molecule has 1 N–H and O–H groups in total. The predicted octanol–water partition coefficient (Wildman–Crippen LogP) is 5.68. The Hall–Kier alpha value is -3.17. The van der Waals surface area contributed by atoms with Gasteiger partial charge in [0, 0.05) is 17.6 Å². The second-order valence-corrected chi connectivity index (χ2v) is 12.2. The van der Waals surface area contributed by atoms with E-state index in [-0.39, 0.29) is 17.3 Å². The molecule has 0 unspecified atom stereocenters. The third kappa shape index (κ3) is 8.16. The summed E-state index contributed by atoms with van der Waals surface area (Å²) < 4.78 is 29.6. The predicted molar refractivity (Wildman–Crippen MR) is 159 cm³/mol. The number of benzene rings is 3. The van der Waals surface area contributed by atoms with Crippen molar-refractivity contribution in [3.05, 3.63) is 94.5 Å². The van der Waals surface area contributed by atoms with Crippen molar-refractivity contribution in [2.24, 2.45) is 0 Å². The molecule has 0 aromatic heterocycles. The Morgan fingerprint density at radius 3 is 2.15 bits per heavy atom. The van der Waals surface area contributed by atoms with Crippen LogP contribution < -0.4 is 9.62 Å². The monoisotopic (exact) mass is 613 g/mol. The molecule has 3 rings (SSSR count). The zero-order chi connectivity index (χ0) is 28.4. The van der Waals surface area contributed by atoms with Gasteiger partial charge in [0.15, 0.2) is 0 Å². The van der Waals surface area contributed by atoms with E-state index in [9.17, 15) is 18.0 Å². The molecule has 208 valence electrons. The second-order valence-electron chi connectivity index (χ2n) is 9.38. The number of nitrogens with one attached hydrogen (secondary N) is 1. The van der Waals surface area contributed by atoms with E-state index in [0.29, 0.717) is 18.7 Å². The minimum absolute atomic E-state index is 0.0859. The van der Waals surface area contributed by atoms with E-state index in [1.807, 2.05) is 51.1 Å². The number of sulfonamides is 1. The van der Waals surface area contributed by atoms with Crippen molar-refractivity contribution >= 4 is 43.5 Å². The van der Waals surface area contributed by atoms with Crippen LogP contribution in [-0.4, -0.2) is 44.3 Å². The molecule has 1 atom stereocenters. The van der Waals surface area contributed by atoms with Crippen LogP contribution in [0.1, 0.15) is 44.2 Å². The van der Waals surface area contributed by atoms with Gasteiger partial charge in [-0.1, -0.05) is 84.2 Å². The molecule has 0 spiro atoms. The number of hydrogen-bond donors (Lipinski definition) is 1. The van der Waals surface area contributed by atoms with Gasteiger partial charge in [-0.3, -0.25) is 13.9 Å². The van der Waals surface area contributed by atoms with E-state index in [1.54, 1.807) is 48.5 Å². The zero-order valence-electron chi connectivity index (χ0n) is 22.6. The van der Waals surface area contributed by atoms with Crippen LogP contribution in [0.4, 0.5) is 5.69 Å². The van der Waals surface area contributed by atoms with Crippen molar-refractivity contribution in [3.63, 3.8) is 0 Å². The van der Waals surface area contributed by atoms with Gasteiger partial charge in [0.1, 0.15) is 12.6 Å². The number of aryl methyl sites for hydroxylation is 1. The van der Waals surface area contributed by atoms with Gasteiger partial charge >= 0.3 is 0 Å². The number of rotatable bonds is 13. The fourth-order valence-electron chi connectivity index (χ4n) is 4.18. The quantitative estimate of drug-likeness (QED) is 0.251. The summed E-state index contributed by atoms with van der Waals surface area (Å²) in [6.45, 7) is 6.02. The third-order valence-corrected chi connectivity index (χ3v) is 8.73. The van der Waals surface area contributed by atoms with Crippen LogP contribution in [-0.2, 0) is 26.2 Å². The molecule has 0 aliphatic heterocycles. The molecule has 0 aliphatic carbocycles. The van der Waals surface area contributed by atoms with Crippen LogP contribution in [0, 0.1) is 6.92 Å². The summed E-state index contributed by atoms with van der Waals surface area (Å²) in [7, 11) is -4.09. The number of carbonyl (C=O) groups is 2. The average molecular weight is 615 g/mol. The molecule has 0 heterocycles. The summed E-state index contributed by atoms with van der Waals surface area (Å²) in [6.07, 6.45) is 2.16. The summed E-state index contributed by atoms with van der Waals surface area (Å²) in [5.41, 5.74) is 2.13. The molecule has 0 aliphatic rings. The first-order valence-electron chi connectivity index (χ1n) is 13.1. The number of amides is 2. The summed E-state index contributed by atoms with van der Waals surface area (Å²) >= 11 is 3.39. The minimum atomic E-state index is -4.09. The lowest BCUT2D eigenvalue weighted by Crippen LogP contribution is -2.52. The smallest absolute Gasteiger partial charge is 0.264 e. The molecule has 0 saturated carbocycles. The Bertz CT molecular complexity index is 1330. The maximum Gasteiger partial charge on any atom is 0.264 e. The Labute approximate surface area is 240 Å². The molecule has 0 saturated heterocycles. The van der Waals surface area contributed by atoms with Crippen molar-refractivity contribution < 1.29 is 18.0 Å². The van der Waals surface area contributed by atoms with E-state index >= 15 is 0 Å². The van der Waals surface area contributed by atoms with Gasteiger partial charge < -0.3 is 10.2 Å². The second kappa shape index (κ2) is 14.3.